The molecule has 0 aromatic heterocycles. The maximum Gasteiger partial charge on any atom is 0.319 e. The van der Waals surface area contributed by atoms with Gasteiger partial charge in [-0.15, -0.1) is 0 Å². The number of carbonyl (C=O) groups is 1. The molecule has 1 atom stereocenters. The number of benzene rings is 1. The number of urea groups is 1. The highest BCUT2D eigenvalue weighted by Crippen LogP contribution is 2.15. The molecule has 3 N–H and O–H groups in total. The first-order valence-corrected chi connectivity index (χ1v) is 8.29. The summed E-state index contributed by atoms with van der Waals surface area (Å²) in [6.45, 7) is 5.76. The minimum absolute atomic E-state index is 0.0825. The predicted molar refractivity (Wildman–Crippen MR) is 91.3 cm³/mol. The van der Waals surface area contributed by atoms with Crippen LogP contribution >= 0.6 is 0 Å². The van der Waals surface area contributed by atoms with Crippen molar-refractivity contribution in [2.75, 3.05) is 31.5 Å². The van der Waals surface area contributed by atoms with Crippen molar-refractivity contribution in [2.24, 2.45) is 0 Å². The second kappa shape index (κ2) is 10.9. The largest absolute Gasteiger partial charge is 0.392 e. The number of amides is 2. The molecule has 0 heterocycles. The molecule has 0 aliphatic rings. The van der Waals surface area contributed by atoms with Gasteiger partial charge >= 0.3 is 6.03 Å². The van der Waals surface area contributed by atoms with E-state index in [9.17, 15) is 18.7 Å². The van der Waals surface area contributed by atoms with E-state index >= 15 is 0 Å². The Morgan fingerprint density at radius 3 is 2.75 bits per heavy atom. The van der Waals surface area contributed by atoms with Crippen LogP contribution in [0.15, 0.2) is 18.2 Å². The molecule has 0 aliphatic heterocycles. The van der Waals surface area contributed by atoms with Gasteiger partial charge in [0.15, 0.2) is 0 Å². The Morgan fingerprint density at radius 1 is 1.38 bits per heavy atom. The van der Waals surface area contributed by atoms with Crippen molar-refractivity contribution in [2.45, 2.75) is 39.5 Å². The SMILES string of the molecule is CCC(O)CN(CC)CCCNC(=O)Nc1ccc(F)c(CF)c1. The number of aliphatic hydroxyl groups is 1. The Labute approximate surface area is 142 Å². The second-order valence-electron chi connectivity index (χ2n) is 5.63. The van der Waals surface area contributed by atoms with Gasteiger partial charge in [-0.2, -0.15) is 0 Å². The van der Waals surface area contributed by atoms with Crippen molar-refractivity contribution < 1.29 is 18.7 Å². The number of nitrogens with zero attached hydrogens (tertiary/aromatic N) is 1. The highest BCUT2D eigenvalue weighted by molar-refractivity contribution is 5.89. The molecule has 1 aromatic carbocycles. The summed E-state index contributed by atoms with van der Waals surface area (Å²) >= 11 is 0. The summed E-state index contributed by atoms with van der Waals surface area (Å²) in [7, 11) is 0. The third-order valence-corrected chi connectivity index (χ3v) is 3.77. The lowest BCUT2D eigenvalue weighted by Gasteiger charge is -2.22. The second-order valence-corrected chi connectivity index (χ2v) is 5.63. The van der Waals surface area contributed by atoms with E-state index in [0.29, 0.717) is 18.8 Å². The molecule has 0 fully saturated rings. The third-order valence-electron chi connectivity index (χ3n) is 3.77. The van der Waals surface area contributed by atoms with Gasteiger partial charge in [-0.3, -0.25) is 0 Å². The summed E-state index contributed by atoms with van der Waals surface area (Å²) in [4.78, 5) is 13.9. The lowest BCUT2D eigenvalue weighted by Crippen LogP contribution is -2.35. The van der Waals surface area contributed by atoms with Gasteiger partial charge in [0.2, 0.25) is 0 Å². The number of anilines is 1. The standard InChI is InChI=1S/C17H27F2N3O2/c1-3-15(23)12-22(4-2)9-5-8-20-17(24)21-14-6-7-16(19)13(10-14)11-18/h6-7,10,15,23H,3-5,8-9,11-12H2,1-2H3,(H2,20,21,24). The lowest BCUT2D eigenvalue weighted by molar-refractivity contribution is 0.111. The molecule has 1 rings (SSSR count). The Morgan fingerprint density at radius 2 is 2.12 bits per heavy atom. The van der Waals surface area contributed by atoms with E-state index in [2.05, 4.69) is 15.5 Å². The van der Waals surface area contributed by atoms with Gasteiger partial charge in [0, 0.05) is 24.3 Å². The van der Waals surface area contributed by atoms with Crippen molar-refractivity contribution in [3.05, 3.63) is 29.6 Å². The van der Waals surface area contributed by atoms with Crippen LogP contribution in [-0.2, 0) is 6.67 Å². The molecular weight excluding hydrogens is 316 g/mol. The molecule has 136 valence electrons. The number of alkyl halides is 1. The van der Waals surface area contributed by atoms with Crippen LogP contribution in [0.5, 0.6) is 0 Å². The number of likely N-dealkylation sites (N-methyl/N-ethyl adjacent to an activating group) is 1. The van der Waals surface area contributed by atoms with E-state index in [-0.39, 0.29) is 11.7 Å². The minimum atomic E-state index is -0.917. The van der Waals surface area contributed by atoms with Crippen LogP contribution in [0.3, 0.4) is 0 Å². The number of aliphatic hydroxyl groups excluding tert-OH is 1. The quantitative estimate of drug-likeness (QED) is 0.572. The minimum Gasteiger partial charge on any atom is -0.392 e. The van der Waals surface area contributed by atoms with Crippen LogP contribution < -0.4 is 10.6 Å². The van der Waals surface area contributed by atoms with E-state index in [4.69, 9.17) is 0 Å². The molecular formula is C17H27F2N3O2. The molecule has 0 saturated carbocycles. The average molecular weight is 343 g/mol. The van der Waals surface area contributed by atoms with Gasteiger partial charge in [-0.05, 0) is 44.1 Å². The predicted octanol–water partition coefficient (Wildman–Crippen LogP) is 2.90. The number of hydrogen-bond donors (Lipinski definition) is 3. The van der Waals surface area contributed by atoms with Crippen LogP contribution in [0.4, 0.5) is 19.3 Å². The van der Waals surface area contributed by atoms with Crippen LogP contribution in [0, 0.1) is 5.82 Å². The van der Waals surface area contributed by atoms with Gasteiger partial charge < -0.3 is 20.6 Å². The molecule has 0 aliphatic carbocycles. The smallest absolute Gasteiger partial charge is 0.319 e. The Kier molecular flexibility index (Phi) is 9.26. The Bertz CT molecular complexity index is 515. The Hall–Kier alpha value is -1.73. The van der Waals surface area contributed by atoms with Crippen molar-refractivity contribution in [1.82, 2.24) is 10.2 Å². The van der Waals surface area contributed by atoms with Crippen LogP contribution in [-0.4, -0.2) is 48.3 Å². The van der Waals surface area contributed by atoms with Gasteiger partial charge in [-0.1, -0.05) is 13.8 Å². The molecule has 1 unspecified atom stereocenters. The Balaban J connectivity index is 2.31. The number of rotatable bonds is 10. The van der Waals surface area contributed by atoms with E-state index < -0.39 is 18.5 Å². The fraction of sp³-hybridized carbons (Fsp3) is 0.588. The van der Waals surface area contributed by atoms with E-state index in [0.717, 1.165) is 32.0 Å². The zero-order valence-electron chi connectivity index (χ0n) is 14.3. The molecule has 24 heavy (non-hydrogen) atoms. The molecule has 0 spiro atoms. The number of carbonyl (C=O) groups excluding carboxylic acids is 1. The van der Waals surface area contributed by atoms with Crippen molar-refractivity contribution >= 4 is 11.7 Å². The fourth-order valence-electron chi connectivity index (χ4n) is 2.24. The van der Waals surface area contributed by atoms with Gasteiger partial charge in [-0.25, -0.2) is 13.6 Å². The van der Waals surface area contributed by atoms with Crippen LogP contribution in [0.2, 0.25) is 0 Å². The first-order valence-electron chi connectivity index (χ1n) is 8.29. The van der Waals surface area contributed by atoms with E-state index in [1.54, 1.807) is 0 Å². The van der Waals surface area contributed by atoms with E-state index in [1.165, 1.54) is 12.1 Å². The molecule has 0 saturated heterocycles. The number of halogens is 2. The number of nitrogens with one attached hydrogen (secondary N) is 2. The summed E-state index contributed by atoms with van der Waals surface area (Å²) in [6.07, 6.45) is 1.14. The monoisotopic (exact) mass is 343 g/mol. The topological polar surface area (TPSA) is 64.6 Å². The third kappa shape index (κ3) is 7.23. The summed E-state index contributed by atoms with van der Waals surface area (Å²) in [6, 6.07) is 3.38. The maximum absolute atomic E-state index is 13.2. The highest BCUT2D eigenvalue weighted by Gasteiger charge is 2.09. The molecule has 1 aromatic rings. The van der Waals surface area contributed by atoms with Crippen molar-refractivity contribution in [1.29, 1.82) is 0 Å². The molecule has 2 amide bonds. The summed E-state index contributed by atoms with van der Waals surface area (Å²) in [5, 5.41) is 14.9. The van der Waals surface area contributed by atoms with Gasteiger partial charge in [0.05, 0.1) is 6.10 Å². The first kappa shape index (κ1) is 20.3. The maximum atomic E-state index is 13.2. The fourth-order valence-corrected chi connectivity index (χ4v) is 2.24. The lowest BCUT2D eigenvalue weighted by atomic mass is 10.2. The highest BCUT2D eigenvalue weighted by atomic mass is 19.1. The zero-order valence-corrected chi connectivity index (χ0v) is 14.3. The van der Waals surface area contributed by atoms with Gasteiger partial charge in [0.1, 0.15) is 12.5 Å². The summed E-state index contributed by atoms with van der Waals surface area (Å²) in [5.74, 6) is -0.627. The molecule has 5 nitrogen and oxygen atoms in total. The zero-order chi connectivity index (χ0) is 17.9. The van der Waals surface area contributed by atoms with Crippen molar-refractivity contribution in [3.63, 3.8) is 0 Å². The summed E-state index contributed by atoms with van der Waals surface area (Å²) < 4.78 is 25.8. The van der Waals surface area contributed by atoms with Crippen LogP contribution in [0.25, 0.3) is 0 Å². The van der Waals surface area contributed by atoms with Crippen LogP contribution in [0.1, 0.15) is 32.3 Å². The molecule has 0 radical (unpaired) electrons. The molecule has 7 heteroatoms. The average Bonchev–Trinajstić information content (AvgIpc) is 2.58. The van der Waals surface area contributed by atoms with E-state index in [1.807, 2.05) is 13.8 Å². The number of hydrogen-bond acceptors (Lipinski definition) is 3. The normalized spacial score (nSPS) is 12.2. The first-order chi connectivity index (χ1) is 11.5. The molecule has 0 bridgehead atoms. The van der Waals surface area contributed by atoms with Crippen molar-refractivity contribution in [3.8, 4) is 0 Å². The summed E-state index contributed by atoms with van der Waals surface area (Å²) in [5.41, 5.74) is 0.267. The van der Waals surface area contributed by atoms with Gasteiger partial charge in [0.25, 0.3) is 0 Å².